The van der Waals surface area contributed by atoms with Crippen molar-refractivity contribution >= 4 is 22.4 Å². The van der Waals surface area contributed by atoms with E-state index >= 15 is 0 Å². The van der Waals surface area contributed by atoms with Crippen molar-refractivity contribution in [2.75, 3.05) is 0 Å². The summed E-state index contributed by atoms with van der Waals surface area (Å²) in [7, 11) is 0. The molecule has 120 valence electrons. The van der Waals surface area contributed by atoms with Crippen LogP contribution >= 0.6 is 0 Å². The molecule has 0 unspecified atom stereocenters. The van der Waals surface area contributed by atoms with Crippen LogP contribution in [0.1, 0.15) is 6.92 Å². The first-order valence-corrected chi connectivity index (χ1v) is 8.05. The number of nitrogens with zero attached hydrogens (tertiary/aromatic N) is 3. The molecule has 0 aromatic heterocycles. The third-order valence-corrected chi connectivity index (χ3v) is 4.66. The van der Waals surface area contributed by atoms with E-state index in [1.165, 1.54) is 0 Å². The summed E-state index contributed by atoms with van der Waals surface area (Å²) in [6, 6.07) is 8.22. The summed E-state index contributed by atoms with van der Waals surface area (Å²) in [5.41, 5.74) is 6.84. The van der Waals surface area contributed by atoms with Crippen LogP contribution < -0.4 is 5.22 Å². The monoisotopic (exact) mass is 326 g/mol. The Morgan fingerprint density at radius 2 is 2.00 bits per heavy atom. The van der Waals surface area contributed by atoms with Crippen molar-refractivity contribution in [2.45, 2.75) is 6.92 Å². The molecule has 0 saturated carbocycles. The third-order valence-electron chi connectivity index (χ3n) is 4.66. The van der Waals surface area contributed by atoms with E-state index in [9.17, 15) is 4.79 Å². The van der Waals surface area contributed by atoms with E-state index in [-0.39, 0.29) is 5.78 Å². The molecule has 5 rings (SSSR count). The molecule has 5 heteroatoms. The van der Waals surface area contributed by atoms with Crippen LogP contribution in [0.15, 0.2) is 66.8 Å². The molecule has 0 saturated heterocycles. The fourth-order valence-corrected chi connectivity index (χ4v) is 3.40. The lowest BCUT2D eigenvalue weighted by molar-refractivity contribution is -0.111. The quantitative estimate of drug-likeness (QED) is 0.540. The number of benzene rings is 1. The standard InChI is InChI=1S/C20H14N4O/c1-12-8-13(3-7-18(12)25)16-5-6-17-19-14(9-22-20(16)19)2-4-15-10-21-11-23-24(15)17/h2-11H,1H3,(H,21,23). The Kier molecular flexibility index (Phi) is 2.79. The Morgan fingerprint density at radius 3 is 2.88 bits per heavy atom. The Bertz CT molecular complexity index is 1220. The van der Waals surface area contributed by atoms with Crippen LogP contribution in [0.3, 0.4) is 0 Å². The van der Waals surface area contributed by atoms with E-state index in [0.717, 1.165) is 44.2 Å². The molecule has 3 heterocycles. The molecule has 0 atom stereocenters. The van der Waals surface area contributed by atoms with Gasteiger partial charge in [0.25, 0.3) is 0 Å². The number of aromatic amines is 1. The predicted octanol–water partition coefficient (Wildman–Crippen LogP) is 2.81. The molecule has 0 fully saturated rings. The Hall–Kier alpha value is -3.47. The zero-order valence-corrected chi connectivity index (χ0v) is 13.5. The van der Waals surface area contributed by atoms with Crippen LogP contribution in [0.5, 0.6) is 0 Å². The van der Waals surface area contributed by atoms with Gasteiger partial charge in [-0.2, -0.15) is 0 Å². The number of aromatic nitrogens is 4. The fourth-order valence-electron chi connectivity index (χ4n) is 3.40. The van der Waals surface area contributed by atoms with E-state index in [0.29, 0.717) is 0 Å². The van der Waals surface area contributed by atoms with Crippen molar-refractivity contribution < 1.29 is 4.79 Å². The van der Waals surface area contributed by atoms with Crippen molar-refractivity contribution in [1.29, 1.82) is 0 Å². The van der Waals surface area contributed by atoms with Crippen molar-refractivity contribution in [1.82, 2.24) is 19.7 Å². The van der Waals surface area contributed by atoms with Gasteiger partial charge in [-0.1, -0.05) is 18.2 Å². The molecule has 1 aliphatic carbocycles. The topological polar surface area (TPSA) is 63.6 Å². The van der Waals surface area contributed by atoms with Gasteiger partial charge >= 0.3 is 0 Å². The molecule has 3 aliphatic heterocycles. The number of nitrogens with one attached hydrogen (secondary N) is 1. The zero-order chi connectivity index (χ0) is 17.0. The molecule has 5 nitrogen and oxygen atoms in total. The molecule has 0 spiro atoms. The maximum atomic E-state index is 11.7. The smallest absolute Gasteiger partial charge is 0.181 e. The number of hydrogen-bond acceptors (Lipinski definition) is 3. The molecular formula is C20H14N4O. The first-order valence-electron chi connectivity index (χ1n) is 8.05. The molecular weight excluding hydrogens is 312 g/mol. The normalized spacial score (nSPS) is 16.8. The van der Waals surface area contributed by atoms with Gasteiger partial charge in [0.1, 0.15) is 6.33 Å². The summed E-state index contributed by atoms with van der Waals surface area (Å²) < 4.78 is 2.00. The molecule has 4 aliphatic rings. The second-order valence-corrected chi connectivity index (χ2v) is 6.18. The highest BCUT2D eigenvalue weighted by atomic mass is 16.1. The van der Waals surface area contributed by atoms with Gasteiger partial charge in [-0.3, -0.25) is 19.6 Å². The predicted molar refractivity (Wildman–Crippen MR) is 96.4 cm³/mol. The lowest BCUT2D eigenvalue weighted by Crippen LogP contribution is -2.11. The van der Waals surface area contributed by atoms with E-state index in [2.05, 4.69) is 33.3 Å². The zero-order valence-electron chi connectivity index (χ0n) is 13.5. The highest BCUT2D eigenvalue weighted by molar-refractivity contribution is 6.09. The van der Waals surface area contributed by atoms with Gasteiger partial charge in [-0.25, -0.2) is 4.98 Å². The summed E-state index contributed by atoms with van der Waals surface area (Å²) in [6.45, 7) is 1.84. The summed E-state index contributed by atoms with van der Waals surface area (Å²) in [4.78, 5) is 20.5. The number of ketones is 1. The molecule has 1 N–H and O–H groups in total. The van der Waals surface area contributed by atoms with Crippen LogP contribution in [-0.4, -0.2) is 25.5 Å². The molecule has 0 radical (unpaired) electrons. The largest absolute Gasteiger partial charge is 0.290 e. The number of H-pyrrole nitrogens is 1. The Labute approximate surface area is 143 Å². The Balaban J connectivity index is 1.93. The third kappa shape index (κ3) is 1.99. The second-order valence-electron chi connectivity index (χ2n) is 6.18. The highest BCUT2D eigenvalue weighted by Crippen LogP contribution is 2.31. The maximum absolute atomic E-state index is 11.7. The highest BCUT2D eigenvalue weighted by Gasteiger charge is 2.17. The van der Waals surface area contributed by atoms with Crippen LogP contribution in [0.4, 0.5) is 0 Å². The van der Waals surface area contributed by atoms with Gasteiger partial charge in [0.15, 0.2) is 5.78 Å². The van der Waals surface area contributed by atoms with Gasteiger partial charge in [-0.15, -0.1) is 0 Å². The molecule has 1 aromatic rings. The number of hydrogen-bond donors (Lipinski definition) is 1. The van der Waals surface area contributed by atoms with Crippen LogP contribution in [0.25, 0.3) is 33.4 Å². The van der Waals surface area contributed by atoms with Crippen molar-refractivity contribution in [3.63, 3.8) is 0 Å². The molecule has 0 bridgehead atoms. The molecule has 0 amide bonds. The minimum absolute atomic E-state index is 0.0557. The molecule has 1 aromatic carbocycles. The lowest BCUT2D eigenvalue weighted by Gasteiger charge is -2.10. The van der Waals surface area contributed by atoms with Crippen molar-refractivity contribution in [3.05, 3.63) is 72.0 Å². The van der Waals surface area contributed by atoms with Gasteiger partial charge in [-0.05, 0) is 42.4 Å². The SMILES string of the molecule is CC1=CC(=c2ccc3c4c2ncc-4ccc2cnc[nH]n3-2)C=CC1=O. The van der Waals surface area contributed by atoms with E-state index in [1.54, 1.807) is 12.4 Å². The number of carbonyl (C=O) groups excluding carboxylic acids is 1. The number of fused-ring (bicyclic) bond motifs is 2. The van der Waals surface area contributed by atoms with Gasteiger partial charge < -0.3 is 0 Å². The van der Waals surface area contributed by atoms with E-state index < -0.39 is 0 Å². The van der Waals surface area contributed by atoms with Gasteiger partial charge in [0.05, 0.1) is 22.9 Å². The number of carbonyl (C=O) groups is 1. The first-order chi connectivity index (χ1) is 12.2. The van der Waals surface area contributed by atoms with Gasteiger partial charge in [0, 0.05) is 22.5 Å². The molecule has 25 heavy (non-hydrogen) atoms. The van der Waals surface area contributed by atoms with Crippen LogP contribution in [0.2, 0.25) is 0 Å². The van der Waals surface area contributed by atoms with Gasteiger partial charge in [0.2, 0.25) is 0 Å². The minimum atomic E-state index is 0.0557. The lowest BCUT2D eigenvalue weighted by atomic mass is 9.98. The van der Waals surface area contributed by atoms with Crippen LogP contribution in [-0.2, 0) is 4.79 Å². The van der Waals surface area contributed by atoms with Crippen molar-refractivity contribution in [2.24, 2.45) is 0 Å². The van der Waals surface area contributed by atoms with E-state index in [1.807, 2.05) is 42.2 Å². The number of rotatable bonds is 0. The first kappa shape index (κ1) is 13.9. The number of allylic oxidation sites excluding steroid dienone is 4. The fraction of sp³-hybridized carbons (Fsp3) is 0.0500. The maximum Gasteiger partial charge on any atom is 0.181 e. The van der Waals surface area contributed by atoms with Crippen LogP contribution in [0, 0.1) is 0 Å². The Morgan fingerprint density at radius 1 is 1.08 bits per heavy atom. The van der Waals surface area contributed by atoms with Crippen molar-refractivity contribution in [3.8, 4) is 16.8 Å². The second kappa shape index (κ2) is 5.01. The summed E-state index contributed by atoms with van der Waals surface area (Å²) in [5.74, 6) is 0.0557. The summed E-state index contributed by atoms with van der Waals surface area (Å²) in [6.07, 6.45) is 10.8. The summed E-state index contributed by atoms with van der Waals surface area (Å²) >= 11 is 0. The van der Waals surface area contributed by atoms with E-state index in [4.69, 9.17) is 0 Å². The average Bonchev–Trinajstić information content (AvgIpc) is 2.99. The minimum Gasteiger partial charge on any atom is -0.290 e. The average molecular weight is 326 g/mol. The summed E-state index contributed by atoms with van der Waals surface area (Å²) in [5, 5.41) is 4.21.